The summed E-state index contributed by atoms with van der Waals surface area (Å²) in [5, 5.41) is 0. The van der Waals surface area contributed by atoms with Crippen LogP contribution in [-0.4, -0.2) is 18.8 Å². The second kappa shape index (κ2) is 3.75. The molecule has 14 heavy (non-hydrogen) atoms. The first-order valence-corrected chi connectivity index (χ1v) is 5.22. The van der Waals surface area contributed by atoms with Crippen LogP contribution in [0.3, 0.4) is 0 Å². The highest BCUT2D eigenvalue weighted by atomic mass is 16.5. The zero-order valence-corrected chi connectivity index (χ0v) is 8.41. The van der Waals surface area contributed by atoms with E-state index in [4.69, 9.17) is 16.2 Å². The van der Waals surface area contributed by atoms with Crippen LogP contribution in [0, 0.1) is 5.92 Å². The molecule has 2 aliphatic rings. The molecule has 0 aromatic rings. The highest BCUT2D eigenvalue weighted by Crippen LogP contribution is 2.31. The van der Waals surface area contributed by atoms with Gasteiger partial charge in [0.15, 0.2) is 0 Å². The van der Waals surface area contributed by atoms with Gasteiger partial charge in [-0.15, -0.1) is 0 Å². The number of hydrogen-bond acceptors (Lipinski definition) is 3. The third kappa shape index (κ3) is 1.83. The van der Waals surface area contributed by atoms with E-state index in [1.54, 1.807) is 0 Å². The highest BCUT2D eigenvalue weighted by Gasteiger charge is 2.33. The molecule has 2 rings (SSSR count). The van der Waals surface area contributed by atoms with Crippen LogP contribution in [0.1, 0.15) is 19.3 Å². The topological polar surface area (TPSA) is 61.3 Å². The van der Waals surface area contributed by atoms with Gasteiger partial charge in [-0.2, -0.15) is 0 Å². The summed E-state index contributed by atoms with van der Waals surface area (Å²) in [7, 11) is 0. The molecule has 0 bridgehead atoms. The second-order valence-corrected chi connectivity index (χ2v) is 4.24. The maximum atomic E-state index is 6.35. The van der Waals surface area contributed by atoms with E-state index in [9.17, 15) is 0 Å². The summed E-state index contributed by atoms with van der Waals surface area (Å²) in [6.07, 6.45) is 9.01. The number of hydrogen-bond donors (Lipinski definition) is 2. The third-order valence-electron chi connectivity index (χ3n) is 3.26. The predicted molar refractivity (Wildman–Crippen MR) is 56.5 cm³/mol. The molecule has 78 valence electrons. The Balaban J connectivity index is 2.05. The van der Waals surface area contributed by atoms with Crippen molar-refractivity contribution in [3.63, 3.8) is 0 Å². The average molecular weight is 194 g/mol. The molecule has 1 heterocycles. The van der Waals surface area contributed by atoms with Gasteiger partial charge < -0.3 is 16.2 Å². The van der Waals surface area contributed by atoms with Crippen molar-refractivity contribution in [1.29, 1.82) is 0 Å². The van der Waals surface area contributed by atoms with Crippen LogP contribution in [0.4, 0.5) is 0 Å². The lowest BCUT2D eigenvalue weighted by molar-refractivity contribution is 0.0475. The molecule has 4 N–H and O–H groups in total. The summed E-state index contributed by atoms with van der Waals surface area (Å²) >= 11 is 0. The van der Waals surface area contributed by atoms with E-state index < -0.39 is 0 Å². The van der Waals surface area contributed by atoms with Crippen LogP contribution in [0.2, 0.25) is 0 Å². The van der Waals surface area contributed by atoms with E-state index in [-0.39, 0.29) is 5.54 Å². The summed E-state index contributed by atoms with van der Waals surface area (Å²) in [5.41, 5.74) is 12.7. The number of ether oxygens (including phenoxy) is 1. The molecule has 1 fully saturated rings. The van der Waals surface area contributed by atoms with Gasteiger partial charge in [-0.05, 0) is 31.3 Å². The first kappa shape index (κ1) is 9.74. The van der Waals surface area contributed by atoms with Crippen LogP contribution >= 0.6 is 0 Å². The number of nitrogens with two attached hydrogens (primary N) is 2. The summed E-state index contributed by atoms with van der Waals surface area (Å²) in [6, 6.07) is 0. The lowest BCUT2D eigenvalue weighted by atomic mass is 9.75. The largest absolute Gasteiger partial charge is 0.399 e. The summed E-state index contributed by atoms with van der Waals surface area (Å²) < 4.78 is 5.34. The zero-order valence-electron chi connectivity index (χ0n) is 8.41. The molecule has 1 aliphatic heterocycles. The molecule has 0 spiro atoms. The molecule has 0 saturated carbocycles. The van der Waals surface area contributed by atoms with E-state index in [0.717, 1.165) is 38.2 Å². The minimum absolute atomic E-state index is 0.188. The summed E-state index contributed by atoms with van der Waals surface area (Å²) in [6.45, 7) is 1.69. The Hall–Kier alpha value is -0.800. The van der Waals surface area contributed by atoms with Crippen molar-refractivity contribution in [2.24, 2.45) is 17.4 Å². The molecule has 1 saturated heterocycles. The van der Waals surface area contributed by atoms with Crippen molar-refractivity contribution in [2.45, 2.75) is 24.8 Å². The molecule has 1 unspecified atom stereocenters. The Morgan fingerprint density at radius 2 is 2.07 bits per heavy atom. The SMILES string of the molecule is NC1=CCC(N)(C2CCOCC2)C=C1. The summed E-state index contributed by atoms with van der Waals surface area (Å²) in [5.74, 6) is 0.539. The Morgan fingerprint density at radius 1 is 1.36 bits per heavy atom. The molecule has 0 aromatic heterocycles. The highest BCUT2D eigenvalue weighted by molar-refractivity contribution is 5.27. The monoisotopic (exact) mass is 194 g/mol. The number of rotatable bonds is 1. The van der Waals surface area contributed by atoms with Gasteiger partial charge in [0.1, 0.15) is 0 Å². The fourth-order valence-electron chi connectivity index (χ4n) is 2.22. The summed E-state index contributed by atoms with van der Waals surface area (Å²) in [4.78, 5) is 0. The fourth-order valence-corrected chi connectivity index (χ4v) is 2.22. The van der Waals surface area contributed by atoms with Gasteiger partial charge in [-0.3, -0.25) is 0 Å². The van der Waals surface area contributed by atoms with E-state index >= 15 is 0 Å². The molecule has 1 atom stereocenters. The van der Waals surface area contributed by atoms with Crippen molar-refractivity contribution in [3.05, 3.63) is 23.9 Å². The van der Waals surface area contributed by atoms with Gasteiger partial charge >= 0.3 is 0 Å². The van der Waals surface area contributed by atoms with Crippen molar-refractivity contribution < 1.29 is 4.74 Å². The van der Waals surface area contributed by atoms with E-state index in [2.05, 4.69) is 6.08 Å². The third-order valence-corrected chi connectivity index (χ3v) is 3.26. The minimum atomic E-state index is -0.188. The fraction of sp³-hybridized carbons (Fsp3) is 0.636. The quantitative estimate of drug-likeness (QED) is 0.652. The van der Waals surface area contributed by atoms with Gasteiger partial charge in [0.05, 0.1) is 0 Å². The smallest absolute Gasteiger partial charge is 0.0469 e. The molecular formula is C11H18N2O. The molecular weight excluding hydrogens is 176 g/mol. The van der Waals surface area contributed by atoms with Crippen LogP contribution in [0.5, 0.6) is 0 Å². The minimum Gasteiger partial charge on any atom is -0.399 e. The lowest BCUT2D eigenvalue weighted by Gasteiger charge is -2.38. The zero-order chi connectivity index (χ0) is 10.0. The van der Waals surface area contributed by atoms with Crippen molar-refractivity contribution in [1.82, 2.24) is 0 Å². The van der Waals surface area contributed by atoms with Crippen molar-refractivity contribution >= 4 is 0 Å². The van der Waals surface area contributed by atoms with Gasteiger partial charge in [0.25, 0.3) is 0 Å². The maximum Gasteiger partial charge on any atom is 0.0469 e. The van der Waals surface area contributed by atoms with Crippen molar-refractivity contribution in [3.8, 4) is 0 Å². The van der Waals surface area contributed by atoms with E-state index in [1.807, 2.05) is 12.2 Å². The van der Waals surface area contributed by atoms with Gasteiger partial charge in [-0.25, -0.2) is 0 Å². The Labute approximate surface area is 84.8 Å². The second-order valence-electron chi connectivity index (χ2n) is 4.24. The average Bonchev–Trinajstić information content (AvgIpc) is 2.24. The van der Waals surface area contributed by atoms with Crippen LogP contribution in [-0.2, 0) is 4.74 Å². The van der Waals surface area contributed by atoms with Crippen LogP contribution < -0.4 is 11.5 Å². The maximum absolute atomic E-state index is 6.35. The normalized spacial score (nSPS) is 34.2. The van der Waals surface area contributed by atoms with Gasteiger partial charge in [0, 0.05) is 24.4 Å². The lowest BCUT2D eigenvalue weighted by Crippen LogP contribution is -2.48. The molecule has 0 aromatic carbocycles. The van der Waals surface area contributed by atoms with Crippen LogP contribution in [0.15, 0.2) is 23.9 Å². The predicted octanol–water partition coefficient (Wildman–Crippen LogP) is 0.913. The number of allylic oxidation sites excluding steroid dienone is 1. The standard InChI is InChI=1S/C11H18N2O/c12-10-1-5-11(13,6-2-10)9-3-7-14-8-4-9/h1-2,5,9H,3-4,6-8,12-13H2. The van der Waals surface area contributed by atoms with Crippen molar-refractivity contribution in [2.75, 3.05) is 13.2 Å². The molecule has 3 nitrogen and oxygen atoms in total. The Morgan fingerprint density at radius 3 is 2.64 bits per heavy atom. The van der Waals surface area contributed by atoms with Crippen LogP contribution in [0.25, 0.3) is 0 Å². The molecule has 0 amide bonds. The Kier molecular flexibility index (Phi) is 2.61. The van der Waals surface area contributed by atoms with Gasteiger partial charge in [-0.1, -0.05) is 12.2 Å². The molecule has 0 radical (unpaired) electrons. The first-order valence-electron chi connectivity index (χ1n) is 5.22. The van der Waals surface area contributed by atoms with Gasteiger partial charge in [0.2, 0.25) is 0 Å². The first-order chi connectivity index (χ1) is 6.71. The van der Waals surface area contributed by atoms with E-state index in [1.165, 1.54) is 0 Å². The Bertz CT molecular complexity index is 266. The molecule has 3 heteroatoms. The van der Waals surface area contributed by atoms with E-state index in [0.29, 0.717) is 5.92 Å². The molecule has 1 aliphatic carbocycles.